The van der Waals surface area contributed by atoms with Crippen LogP contribution in [0.15, 0.2) is 29.8 Å². The van der Waals surface area contributed by atoms with Gasteiger partial charge < -0.3 is 5.32 Å². The molecule has 3 heteroatoms. The van der Waals surface area contributed by atoms with E-state index in [0.29, 0.717) is 12.0 Å². The quantitative estimate of drug-likeness (QED) is 0.601. The molecule has 0 unspecified atom stereocenters. The summed E-state index contributed by atoms with van der Waals surface area (Å²) < 4.78 is 26.5. The van der Waals surface area contributed by atoms with E-state index in [4.69, 9.17) is 0 Å². The molecule has 1 aromatic carbocycles. The highest BCUT2D eigenvalue weighted by molar-refractivity contribution is 5.24. The molecule has 0 bridgehead atoms. The van der Waals surface area contributed by atoms with Crippen LogP contribution in [0, 0.1) is 11.6 Å². The third kappa shape index (κ3) is 3.91. The molecule has 0 aromatic heterocycles. The molecule has 1 aromatic rings. The molecule has 1 nitrogen and oxygen atoms in total. The SMILES string of the molecule is CC(=CCCNC1CC1)Cc1cccc(F)c1F. The fraction of sp³-hybridized carbons (Fsp3) is 0.467. The van der Waals surface area contributed by atoms with Gasteiger partial charge in [0.25, 0.3) is 0 Å². The van der Waals surface area contributed by atoms with Crippen LogP contribution in [0.4, 0.5) is 8.78 Å². The first-order valence-corrected chi connectivity index (χ1v) is 6.48. The lowest BCUT2D eigenvalue weighted by molar-refractivity contribution is 0.500. The van der Waals surface area contributed by atoms with Gasteiger partial charge in [0.05, 0.1) is 0 Å². The first-order valence-electron chi connectivity index (χ1n) is 6.48. The highest BCUT2D eigenvalue weighted by atomic mass is 19.2. The minimum atomic E-state index is -0.768. The van der Waals surface area contributed by atoms with Crippen LogP contribution >= 0.6 is 0 Å². The van der Waals surface area contributed by atoms with Crippen LogP contribution in [0.25, 0.3) is 0 Å². The van der Waals surface area contributed by atoms with E-state index in [9.17, 15) is 8.78 Å². The number of rotatable bonds is 6. The topological polar surface area (TPSA) is 12.0 Å². The molecule has 0 aliphatic heterocycles. The summed E-state index contributed by atoms with van der Waals surface area (Å²) in [6, 6.07) is 5.06. The second-order valence-electron chi connectivity index (χ2n) is 4.96. The van der Waals surface area contributed by atoms with Crippen molar-refractivity contribution >= 4 is 0 Å². The van der Waals surface area contributed by atoms with Crippen LogP contribution in [-0.2, 0) is 6.42 Å². The van der Waals surface area contributed by atoms with Gasteiger partial charge in [-0.25, -0.2) is 8.78 Å². The lowest BCUT2D eigenvalue weighted by Crippen LogP contribution is -2.16. The zero-order chi connectivity index (χ0) is 13.0. The zero-order valence-electron chi connectivity index (χ0n) is 10.7. The maximum absolute atomic E-state index is 13.4. The summed E-state index contributed by atoms with van der Waals surface area (Å²) in [5, 5.41) is 3.42. The highest BCUT2D eigenvalue weighted by Crippen LogP contribution is 2.18. The molecule has 1 fully saturated rings. The van der Waals surface area contributed by atoms with Crippen molar-refractivity contribution in [3.63, 3.8) is 0 Å². The van der Waals surface area contributed by atoms with E-state index >= 15 is 0 Å². The number of hydrogen-bond acceptors (Lipinski definition) is 1. The largest absolute Gasteiger partial charge is 0.314 e. The van der Waals surface area contributed by atoms with E-state index in [-0.39, 0.29) is 0 Å². The smallest absolute Gasteiger partial charge is 0.162 e. The summed E-state index contributed by atoms with van der Waals surface area (Å²) in [5.41, 5.74) is 1.51. The van der Waals surface area contributed by atoms with Crippen LogP contribution < -0.4 is 5.32 Å². The van der Waals surface area contributed by atoms with Crippen molar-refractivity contribution in [1.82, 2.24) is 5.32 Å². The third-order valence-corrected chi connectivity index (χ3v) is 3.15. The Morgan fingerprint density at radius 1 is 1.39 bits per heavy atom. The molecular weight excluding hydrogens is 232 g/mol. The fourth-order valence-corrected chi connectivity index (χ4v) is 1.95. The molecule has 1 saturated carbocycles. The Morgan fingerprint density at radius 2 is 2.17 bits per heavy atom. The van der Waals surface area contributed by atoms with Gasteiger partial charge in [-0.3, -0.25) is 0 Å². The predicted molar refractivity (Wildman–Crippen MR) is 69.5 cm³/mol. The van der Waals surface area contributed by atoms with Crippen LogP contribution in [0.3, 0.4) is 0 Å². The number of benzene rings is 1. The van der Waals surface area contributed by atoms with Crippen molar-refractivity contribution in [1.29, 1.82) is 0 Å². The minimum absolute atomic E-state index is 0.430. The van der Waals surface area contributed by atoms with Gasteiger partial charge >= 0.3 is 0 Å². The second kappa shape index (κ2) is 6.10. The van der Waals surface area contributed by atoms with Gasteiger partial charge in [0, 0.05) is 6.04 Å². The molecule has 1 aliphatic carbocycles. The molecule has 1 N–H and O–H groups in total. The Hall–Kier alpha value is -1.22. The van der Waals surface area contributed by atoms with Crippen LogP contribution in [0.2, 0.25) is 0 Å². The molecule has 0 spiro atoms. The summed E-state index contributed by atoms with van der Waals surface area (Å²) in [5.74, 6) is -1.49. The fourth-order valence-electron chi connectivity index (χ4n) is 1.95. The Bertz CT molecular complexity index is 436. The van der Waals surface area contributed by atoms with Crippen molar-refractivity contribution in [2.75, 3.05) is 6.54 Å². The summed E-state index contributed by atoms with van der Waals surface area (Å²) in [6.07, 6.45) is 6.10. The molecule has 98 valence electrons. The lowest BCUT2D eigenvalue weighted by atomic mass is 10.0. The van der Waals surface area contributed by atoms with E-state index in [1.807, 2.05) is 6.92 Å². The first-order chi connectivity index (χ1) is 8.66. The normalized spacial score (nSPS) is 16.1. The van der Waals surface area contributed by atoms with Crippen molar-refractivity contribution in [3.05, 3.63) is 47.0 Å². The lowest BCUT2D eigenvalue weighted by Gasteiger charge is -2.05. The summed E-state index contributed by atoms with van der Waals surface area (Å²) in [7, 11) is 0. The molecule has 0 saturated heterocycles. The predicted octanol–water partition coefficient (Wildman–Crippen LogP) is 3.60. The zero-order valence-corrected chi connectivity index (χ0v) is 10.7. The van der Waals surface area contributed by atoms with E-state index in [1.54, 1.807) is 12.1 Å². The standard InChI is InChI=1S/C15H19F2N/c1-11(4-3-9-18-13-7-8-13)10-12-5-2-6-14(16)15(12)17/h2,4-6,13,18H,3,7-10H2,1H3. The van der Waals surface area contributed by atoms with Gasteiger partial charge in [0.2, 0.25) is 0 Å². The van der Waals surface area contributed by atoms with Crippen molar-refractivity contribution in [2.45, 2.75) is 38.6 Å². The Balaban J connectivity index is 1.83. The average Bonchev–Trinajstić information content (AvgIpc) is 3.15. The van der Waals surface area contributed by atoms with Crippen LogP contribution in [0.5, 0.6) is 0 Å². The van der Waals surface area contributed by atoms with E-state index in [1.165, 1.54) is 12.8 Å². The highest BCUT2D eigenvalue weighted by Gasteiger charge is 2.19. The number of allylic oxidation sites excluding steroid dienone is 1. The third-order valence-electron chi connectivity index (χ3n) is 3.15. The van der Waals surface area contributed by atoms with Crippen molar-refractivity contribution in [3.8, 4) is 0 Å². The van der Waals surface area contributed by atoms with Crippen LogP contribution in [-0.4, -0.2) is 12.6 Å². The van der Waals surface area contributed by atoms with Gasteiger partial charge in [-0.2, -0.15) is 0 Å². The van der Waals surface area contributed by atoms with Gasteiger partial charge in [0.15, 0.2) is 11.6 Å². The number of nitrogens with one attached hydrogen (secondary N) is 1. The van der Waals surface area contributed by atoms with E-state index in [0.717, 1.165) is 30.6 Å². The Morgan fingerprint density at radius 3 is 2.89 bits per heavy atom. The molecule has 0 amide bonds. The van der Waals surface area contributed by atoms with Gasteiger partial charge in [-0.05, 0) is 50.8 Å². The monoisotopic (exact) mass is 251 g/mol. The maximum Gasteiger partial charge on any atom is 0.162 e. The van der Waals surface area contributed by atoms with Crippen molar-refractivity contribution in [2.24, 2.45) is 0 Å². The molecule has 0 atom stereocenters. The molecular formula is C15H19F2N. The summed E-state index contributed by atoms with van der Waals surface area (Å²) in [4.78, 5) is 0. The summed E-state index contributed by atoms with van der Waals surface area (Å²) >= 11 is 0. The first kappa shape index (κ1) is 13.2. The molecule has 0 radical (unpaired) electrons. The Labute approximate surface area is 107 Å². The van der Waals surface area contributed by atoms with Gasteiger partial charge in [-0.1, -0.05) is 23.8 Å². The number of hydrogen-bond donors (Lipinski definition) is 1. The molecule has 1 aliphatic rings. The van der Waals surface area contributed by atoms with Crippen molar-refractivity contribution < 1.29 is 8.78 Å². The van der Waals surface area contributed by atoms with Gasteiger partial charge in [0.1, 0.15) is 0 Å². The molecule has 18 heavy (non-hydrogen) atoms. The van der Waals surface area contributed by atoms with E-state index in [2.05, 4.69) is 11.4 Å². The van der Waals surface area contributed by atoms with Crippen LogP contribution in [0.1, 0.15) is 31.7 Å². The second-order valence-corrected chi connectivity index (χ2v) is 4.96. The number of halogens is 2. The molecule has 0 heterocycles. The van der Waals surface area contributed by atoms with Gasteiger partial charge in [-0.15, -0.1) is 0 Å². The minimum Gasteiger partial charge on any atom is -0.314 e. The maximum atomic E-state index is 13.4. The van der Waals surface area contributed by atoms with E-state index < -0.39 is 11.6 Å². The average molecular weight is 251 g/mol. The molecule has 2 rings (SSSR count). The Kier molecular flexibility index (Phi) is 4.48. The summed E-state index contributed by atoms with van der Waals surface area (Å²) in [6.45, 7) is 2.93.